The second kappa shape index (κ2) is 13.0. The van der Waals surface area contributed by atoms with Crippen LogP contribution in [0.5, 0.6) is 0 Å². The van der Waals surface area contributed by atoms with Crippen molar-refractivity contribution in [1.82, 2.24) is 0 Å². The third-order valence-electron chi connectivity index (χ3n) is 4.79. The molecule has 0 spiro atoms. The van der Waals surface area contributed by atoms with E-state index in [1.807, 2.05) is 17.3 Å². The van der Waals surface area contributed by atoms with Crippen LogP contribution in [-0.4, -0.2) is 26.3 Å². The van der Waals surface area contributed by atoms with Crippen LogP contribution in [0.4, 0.5) is 0 Å². The monoisotopic (exact) mass is 454 g/mol. The number of nitrogens with one attached hydrogen (secondary N) is 1. The molecule has 0 radical (unpaired) electrons. The van der Waals surface area contributed by atoms with E-state index in [0.29, 0.717) is 0 Å². The van der Waals surface area contributed by atoms with E-state index in [1.54, 1.807) is 0 Å². The molecule has 140 valence electrons. The fraction of sp³-hybridized carbons (Fsp3) is 0.938. The van der Waals surface area contributed by atoms with Crippen LogP contribution in [0.3, 0.4) is 0 Å². The molecule has 0 saturated heterocycles. The molecule has 0 amide bonds. The Hall–Kier alpha value is 0.783. The van der Waals surface area contributed by atoms with Gasteiger partial charge in [0, 0.05) is 5.75 Å². The van der Waals surface area contributed by atoms with Gasteiger partial charge in [-0.2, -0.15) is 6.04 Å². The molecule has 0 aromatic carbocycles. The van der Waals surface area contributed by atoms with Crippen molar-refractivity contribution in [2.24, 2.45) is 5.41 Å². The van der Waals surface area contributed by atoms with Crippen molar-refractivity contribution in [3.05, 3.63) is 17.9 Å². The predicted octanol–water partition coefficient (Wildman–Crippen LogP) is 5.80. The van der Waals surface area contributed by atoms with Crippen molar-refractivity contribution in [3.63, 3.8) is 0 Å². The summed E-state index contributed by atoms with van der Waals surface area (Å²) in [5.74, 6) is 0.157. The van der Waals surface area contributed by atoms with Gasteiger partial charge in [-0.1, -0.05) is 52.9 Å². The molecule has 0 aromatic heterocycles. The second-order valence-electron chi connectivity index (χ2n) is 6.25. The van der Waals surface area contributed by atoms with Crippen molar-refractivity contribution in [1.29, 1.82) is 0 Å². The fourth-order valence-corrected chi connectivity index (χ4v) is 5.34. The van der Waals surface area contributed by atoms with Crippen LogP contribution in [0.1, 0.15) is 72.1 Å². The zero-order valence-electron chi connectivity index (χ0n) is 14.9. The summed E-state index contributed by atoms with van der Waals surface area (Å²) < 4.78 is 28.9. The van der Waals surface area contributed by atoms with Crippen molar-refractivity contribution < 1.29 is 25.7 Å². The van der Waals surface area contributed by atoms with E-state index >= 15 is 0 Å². The van der Waals surface area contributed by atoms with Crippen molar-refractivity contribution in [2.75, 3.05) is 5.75 Å². The summed E-state index contributed by atoms with van der Waals surface area (Å²) in [6, 6.07) is -0.635. The second-order valence-corrected chi connectivity index (χ2v) is 7.91. The van der Waals surface area contributed by atoms with Gasteiger partial charge in [-0.25, -0.2) is 8.42 Å². The average Bonchev–Trinajstić information content (AvgIpc) is 2.50. The van der Waals surface area contributed by atoms with Gasteiger partial charge >= 0.3 is 27.0 Å². The van der Waals surface area contributed by atoms with E-state index in [2.05, 4.69) is 35.2 Å². The first-order valence-electron chi connectivity index (χ1n) is 8.17. The maximum absolute atomic E-state index is 12.4. The van der Waals surface area contributed by atoms with Gasteiger partial charge in [-0.15, -0.1) is 6.04 Å². The minimum atomic E-state index is -3.41. The van der Waals surface area contributed by atoms with Gasteiger partial charge in [0.15, 0.2) is 0 Å². The van der Waals surface area contributed by atoms with E-state index in [0.717, 1.165) is 51.4 Å². The summed E-state index contributed by atoms with van der Waals surface area (Å²) in [6.45, 7) is 6.25. The van der Waals surface area contributed by atoms with Crippen LogP contribution in [0.15, 0.2) is 0 Å². The molecule has 0 aromatic rings. The van der Waals surface area contributed by atoms with Gasteiger partial charge in [0.25, 0.3) is 0 Å². The third-order valence-corrected chi connectivity index (χ3v) is 6.36. The van der Waals surface area contributed by atoms with Crippen molar-refractivity contribution in [2.45, 2.75) is 84.2 Å². The van der Waals surface area contributed by atoms with E-state index in [-0.39, 0.29) is 30.7 Å². The van der Waals surface area contributed by atoms with Gasteiger partial charge in [0.2, 0.25) is 0 Å². The molecule has 23 heavy (non-hydrogen) atoms. The van der Waals surface area contributed by atoms with Crippen LogP contribution in [0.2, 0.25) is 0 Å². The molecule has 0 aliphatic heterocycles. The van der Waals surface area contributed by atoms with Gasteiger partial charge < -0.3 is 17.9 Å². The first kappa shape index (κ1) is 26.0. The summed E-state index contributed by atoms with van der Waals surface area (Å²) in [6.07, 6.45) is 7.26. The molecule has 0 heterocycles. The Bertz CT molecular complexity index is 390. The maximum atomic E-state index is 12.4. The van der Waals surface area contributed by atoms with Crippen LogP contribution in [-0.2, 0) is 27.3 Å². The Labute approximate surface area is 158 Å². The molecular formula is C16H33ClN2O2RuS. The Balaban J connectivity index is 0. The SMILES string of the molecule is CCCC(CC)(CC)CS(=O)(=O)[N-]C1CCCCC1[NH-].[CH3-].[Cl][Ru+3]. The quantitative estimate of drug-likeness (QED) is 0.344. The Morgan fingerprint density at radius 2 is 1.70 bits per heavy atom. The first-order chi connectivity index (χ1) is 10.4. The molecule has 7 heteroatoms. The summed E-state index contributed by atoms with van der Waals surface area (Å²) in [5.41, 5.74) is 7.82. The van der Waals surface area contributed by atoms with Crippen LogP contribution < -0.4 is 0 Å². The topological polar surface area (TPSA) is 72.0 Å². The molecule has 1 aliphatic rings. The number of rotatable bonds is 8. The Morgan fingerprint density at radius 1 is 1.17 bits per heavy atom. The van der Waals surface area contributed by atoms with Gasteiger partial charge in [-0.05, 0) is 24.7 Å². The predicted molar refractivity (Wildman–Crippen MR) is 97.7 cm³/mol. The summed E-state index contributed by atoms with van der Waals surface area (Å²) in [4.78, 5) is 0. The first-order valence-corrected chi connectivity index (χ1v) is 12.0. The molecular weight excluding hydrogens is 421 g/mol. The van der Waals surface area contributed by atoms with E-state index < -0.39 is 10.0 Å². The third kappa shape index (κ3) is 9.16. The Kier molecular flexibility index (Phi) is 14.8. The molecule has 0 bridgehead atoms. The summed E-state index contributed by atoms with van der Waals surface area (Å²) in [5, 5.41) is 0. The summed E-state index contributed by atoms with van der Waals surface area (Å²) in [7, 11) is 1.16. The number of hydrogen-bond donors (Lipinski definition) is 0. The van der Waals surface area contributed by atoms with Crippen LogP contribution in [0.25, 0.3) is 10.5 Å². The van der Waals surface area contributed by atoms with Crippen molar-refractivity contribution in [3.8, 4) is 0 Å². The molecule has 2 atom stereocenters. The molecule has 1 saturated carbocycles. The number of sulfonamides is 1. The van der Waals surface area contributed by atoms with Gasteiger partial charge in [-0.3, -0.25) is 0 Å². The number of hydrogen-bond acceptors (Lipinski definition) is 2. The molecule has 1 rings (SSSR count). The van der Waals surface area contributed by atoms with Crippen LogP contribution >= 0.6 is 9.69 Å². The normalized spacial score (nSPS) is 21.8. The van der Waals surface area contributed by atoms with E-state index in [1.165, 1.54) is 0 Å². The van der Waals surface area contributed by atoms with E-state index in [9.17, 15) is 8.42 Å². The standard InChI is InChI=1S/C15H30N2O2S.CH3.ClH.Ru/c1-4-11-15(5-2,6-3)12-20(18,19)17-14-10-8-7-9-13(14)16;;;/h13-14,16H,4-12H2,1-3H3;1H3;1H;/q-2;-1;;+4/p-1. The van der Waals surface area contributed by atoms with Crippen molar-refractivity contribution >= 4 is 19.7 Å². The zero-order chi connectivity index (χ0) is 17.2. The van der Waals surface area contributed by atoms with Gasteiger partial charge in [0.05, 0.1) is 10.0 Å². The molecule has 1 fully saturated rings. The fourth-order valence-electron chi connectivity index (χ4n) is 3.28. The van der Waals surface area contributed by atoms with Gasteiger partial charge in [0.1, 0.15) is 0 Å². The minimum absolute atomic E-state index is 0. The Morgan fingerprint density at radius 3 is 2.13 bits per heavy atom. The number of halogens is 1. The zero-order valence-corrected chi connectivity index (χ0v) is 18.2. The number of nitrogens with zero attached hydrogens (tertiary/aromatic N) is 1. The molecule has 2 unspecified atom stereocenters. The summed E-state index contributed by atoms with van der Waals surface area (Å²) >= 11 is 1.82. The molecule has 1 aliphatic carbocycles. The molecule has 4 nitrogen and oxygen atoms in total. The van der Waals surface area contributed by atoms with Crippen LogP contribution in [0, 0.1) is 12.8 Å². The average molecular weight is 454 g/mol. The molecule has 1 N–H and O–H groups in total. The van der Waals surface area contributed by atoms with E-state index in [4.69, 9.17) is 5.73 Å².